The number of benzene rings is 1. The number of aliphatic hydroxyl groups is 1. The van der Waals surface area contributed by atoms with Crippen molar-refractivity contribution in [2.75, 3.05) is 6.61 Å². The SMILES string of the molecule is O=C1c2ccccc2C(=O)C1CCCO. The van der Waals surface area contributed by atoms with Crippen molar-refractivity contribution < 1.29 is 14.7 Å². The lowest BCUT2D eigenvalue weighted by Crippen LogP contribution is -2.15. The Hall–Kier alpha value is -1.48. The fraction of sp³-hybridized carbons (Fsp3) is 0.333. The molecule has 1 aromatic carbocycles. The number of fused-ring (bicyclic) bond motifs is 1. The summed E-state index contributed by atoms with van der Waals surface area (Å²) < 4.78 is 0. The summed E-state index contributed by atoms with van der Waals surface area (Å²) in [7, 11) is 0. The second kappa shape index (κ2) is 3.95. The topological polar surface area (TPSA) is 54.4 Å². The Morgan fingerprint density at radius 1 is 1.07 bits per heavy atom. The number of rotatable bonds is 3. The highest BCUT2D eigenvalue weighted by Gasteiger charge is 2.37. The van der Waals surface area contributed by atoms with Crippen LogP contribution < -0.4 is 0 Å². The minimum atomic E-state index is -0.561. The van der Waals surface area contributed by atoms with E-state index in [2.05, 4.69) is 0 Å². The summed E-state index contributed by atoms with van der Waals surface area (Å²) in [4.78, 5) is 23.6. The van der Waals surface area contributed by atoms with E-state index >= 15 is 0 Å². The summed E-state index contributed by atoms with van der Waals surface area (Å²) in [5.74, 6) is -0.748. The molecule has 15 heavy (non-hydrogen) atoms. The maximum atomic E-state index is 11.8. The van der Waals surface area contributed by atoms with Gasteiger partial charge in [0, 0.05) is 17.7 Å². The van der Waals surface area contributed by atoms with Crippen molar-refractivity contribution in [3.63, 3.8) is 0 Å². The maximum Gasteiger partial charge on any atom is 0.174 e. The van der Waals surface area contributed by atoms with Crippen LogP contribution >= 0.6 is 0 Å². The molecule has 0 spiro atoms. The molecule has 78 valence electrons. The summed E-state index contributed by atoms with van der Waals surface area (Å²) in [6.07, 6.45) is 0.943. The number of ketones is 2. The Morgan fingerprint density at radius 2 is 1.60 bits per heavy atom. The van der Waals surface area contributed by atoms with Crippen molar-refractivity contribution in [2.45, 2.75) is 12.8 Å². The fourth-order valence-electron chi connectivity index (χ4n) is 1.96. The molecule has 0 heterocycles. The van der Waals surface area contributed by atoms with E-state index in [1.165, 1.54) is 0 Å². The molecule has 3 nitrogen and oxygen atoms in total. The average Bonchev–Trinajstić information content (AvgIpc) is 2.51. The number of carbonyl (C=O) groups excluding carboxylic acids is 2. The molecule has 1 aliphatic rings. The fourth-order valence-corrected chi connectivity index (χ4v) is 1.96. The summed E-state index contributed by atoms with van der Waals surface area (Å²) in [6, 6.07) is 6.90. The van der Waals surface area contributed by atoms with Crippen LogP contribution in [0.15, 0.2) is 24.3 Å². The molecule has 0 atom stereocenters. The third kappa shape index (κ3) is 1.59. The zero-order valence-corrected chi connectivity index (χ0v) is 8.27. The molecule has 0 saturated carbocycles. The highest BCUT2D eigenvalue weighted by molar-refractivity contribution is 6.26. The Morgan fingerprint density at radius 3 is 2.07 bits per heavy atom. The molecule has 0 amide bonds. The quantitative estimate of drug-likeness (QED) is 0.758. The van der Waals surface area contributed by atoms with Gasteiger partial charge in [0.05, 0.1) is 5.92 Å². The van der Waals surface area contributed by atoms with Crippen LogP contribution in [0.2, 0.25) is 0 Å². The standard InChI is InChI=1S/C12H12O3/c13-7-3-6-10-11(14)8-4-1-2-5-9(8)12(10)15/h1-2,4-5,10,13H,3,6-7H2. The van der Waals surface area contributed by atoms with Gasteiger partial charge in [0.15, 0.2) is 11.6 Å². The molecule has 0 unspecified atom stereocenters. The highest BCUT2D eigenvalue weighted by Crippen LogP contribution is 2.29. The van der Waals surface area contributed by atoms with E-state index in [0.29, 0.717) is 24.0 Å². The van der Waals surface area contributed by atoms with Crippen LogP contribution in [0, 0.1) is 5.92 Å². The predicted octanol–water partition coefficient (Wildman–Crippen LogP) is 1.45. The Labute approximate surface area is 87.7 Å². The molecule has 0 aromatic heterocycles. The lowest BCUT2D eigenvalue weighted by molar-refractivity contribution is 0.0825. The number of hydrogen-bond donors (Lipinski definition) is 1. The zero-order valence-electron chi connectivity index (χ0n) is 8.27. The minimum absolute atomic E-state index is 0.0212. The van der Waals surface area contributed by atoms with E-state index in [-0.39, 0.29) is 18.2 Å². The molecule has 1 N–H and O–H groups in total. The van der Waals surface area contributed by atoms with E-state index in [0.717, 1.165) is 0 Å². The Bertz CT molecular complexity index is 374. The highest BCUT2D eigenvalue weighted by atomic mass is 16.3. The summed E-state index contributed by atoms with van der Waals surface area (Å²) >= 11 is 0. The first-order chi connectivity index (χ1) is 7.25. The van der Waals surface area contributed by atoms with Crippen LogP contribution in [0.4, 0.5) is 0 Å². The van der Waals surface area contributed by atoms with Crippen molar-refractivity contribution >= 4 is 11.6 Å². The minimum Gasteiger partial charge on any atom is -0.396 e. The van der Waals surface area contributed by atoms with Crippen LogP contribution in [-0.2, 0) is 0 Å². The summed E-state index contributed by atoms with van der Waals surface area (Å²) in [6.45, 7) is 0.0212. The largest absolute Gasteiger partial charge is 0.396 e. The number of carbonyl (C=O) groups is 2. The predicted molar refractivity (Wildman–Crippen MR) is 54.9 cm³/mol. The van der Waals surface area contributed by atoms with Crippen LogP contribution in [0.3, 0.4) is 0 Å². The molecule has 3 heteroatoms. The number of aliphatic hydroxyl groups excluding tert-OH is 1. The molecule has 1 aliphatic carbocycles. The molecule has 0 fully saturated rings. The molecule has 0 aliphatic heterocycles. The van der Waals surface area contributed by atoms with Crippen molar-refractivity contribution in [3.8, 4) is 0 Å². The van der Waals surface area contributed by atoms with Gasteiger partial charge in [0.25, 0.3) is 0 Å². The lowest BCUT2D eigenvalue weighted by Gasteiger charge is -2.03. The zero-order chi connectivity index (χ0) is 10.8. The van der Waals surface area contributed by atoms with E-state index in [9.17, 15) is 9.59 Å². The van der Waals surface area contributed by atoms with Gasteiger partial charge < -0.3 is 5.11 Å². The van der Waals surface area contributed by atoms with E-state index in [1.54, 1.807) is 24.3 Å². The van der Waals surface area contributed by atoms with Gasteiger partial charge in [-0.25, -0.2) is 0 Å². The first-order valence-corrected chi connectivity index (χ1v) is 5.04. The smallest absolute Gasteiger partial charge is 0.174 e. The lowest BCUT2D eigenvalue weighted by atomic mass is 9.98. The van der Waals surface area contributed by atoms with Gasteiger partial charge in [-0.3, -0.25) is 9.59 Å². The van der Waals surface area contributed by atoms with Crippen molar-refractivity contribution in [1.29, 1.82) is 0 Å². The molecule has 0 radical (unpaired) electrons. The van der Waals surface area contributed by atoms with E-state index in [4.69, 9.17) is 5.11 Å². The number of Topliss-reactive ketones (excluding diaryl/α,β-unsaturated/α-hetero) is 2. The Kier molecular flexibility index (Phi) is 2.64. The van der Waals surface area contributed by atoms with Gasteiger partial charge in [-0.05, 0) is 12.8 Å². The van der Waals surface area contributed by atoms with Crippen LogP contribution in [0.1, 0.15) is 33.6 Å². The van der Waals surface area contributed by atoms with Crippen molar-refractivity contribution in [2.24, 2.45) is 5.92 Å². The van der Waals surface area contributed by atoms with Gasteiger partial charge in [-0.15, -0.1) is 0 Å². The summed E-state index contributed by atoms with van der Waals surface area (Å²) in [5, 5.41) is 8.69. The monoisotopic (exact) mass is 204 g/mol. The molecular formula is C12H12O3. The molecular weight excluding hydrogens is 192 g/mol. The van der Waals surface area contributed by atoms with Crippen LogP contribution in [0.5, 0.6) is 0 Å². The van der Waals surface area contributed by atoms with Crippen LogP contribution in [-0.4, -0.2) is 23.3 Å². The van der Waals surface area contributed by atoms with Gasteiger partial charge in [-0.2, -0.15) is 0 Å². The maximum absolute atomic E-state index is 11.8. The van der Waals surface area contributed by atoms with Gasteiger partial charge in [0.1, 0.15) is 0 Å². The third-order valence-electron chi connectivity index (χ3n) is 2.74. The molecule has 2 rings (SSSR count). The Balaban J connectivity index is 2.29. The average molecular weight is 204 g/mol. The normalized spacial score (nSPS) is 15.8. The van der Waals surface area contributed by atoms with Gasteiger partial charge in [0.2, 0.25) is 0 Å². The summed E-state index contributed by atoms with van der Waals surface area (Å²) in [5.41, 5.74) is 1.07. The second-order valence-corrected chi connectivity index (χ2v) is 3.69. The van der Waals surface area contributed by atoms with Crippen molar-refractivity contribution in [1.82, 2.24) is 0 Å². The first kappa shape index (κ1) is 10.1. The molecule has 1 aromatic rings. The van der Waals surface area contributed by atoms with Gasteiger partial charge in [-0.1, -0.05) is 24.3 Å². The number of hydrogen-bond acceptors (Lipinski definition) is 3. The first-order valence-electron chi connectivity index (χ1n) is 5.04. The molecule has 0 saturated heterocycles. The van der Waals surface area contributed by atoms with E-state index in [1.807, 2.05) is 0 Å². The van der Waals surface area contributed by atoms with Gasteiger partial charge >= 0.3 is 0 Å². The van der Waals surface area contributed by atoms with Crippen molar-refractivity contribution in [3.05, 3.63) is 35.4 Å². The molecule has 0 bridgehead atoms. The van der Waals surface area contributed by atoms with Crippen LogP contribution in [0.25, 0.3) is 0 Å². The second-order valence-electron chi connectivity index (χ2n) is 3.69. The third-order valence-corrected chi connectivity index (χ3v) is 2.74. The van der Waals surface area contributed by atoms with E-state index < -0.39 is 5.92 Å².